The van der Waals surface area contributed by atoms with Gasteiger partial charge in [0.1, 0.15) is 0 Å². The highest BCUT2D eigenvalue weighted by Gasteiger charge is 2.09. The molecule has 0 aliphatic heterocycles. The van der Waals surface area contributed by atoms with Crippen molar-refractivity contribution in [2.75, 3.05) is 39.9 Å². The standard InChI is InChI=1S/C15H34N2O/c1-6-7-11-18-12-9-16-8-10-17(5)15(4)13-14(2)3/h14-16H,6-13H2,1-5H3. The number of hydrogen-bond acceptors (Lipinski definition) is 3. The minimum atomic E-state index is 0.674. The minimum absolute atomic E-state index is 0.674. The zero-order valence-electron chi connectivity index (χ0n) is 13.2. The van der Waals surface area contributed by atoms with Gasteiger partial charge in [0.15, 0.2) is 0 Å². The number of unbranched alkanes of at least 4 members (excludes halogenated alkanes) is 1. The zero-order valence-corrected chi connectivity index (χ0v) is 13.2. The maximum absolute atomic E-state index is 5.51. The van der Waals surface area contributed by atoms with Crippen LogP contribution in [0.2, 0.25) is 0 Å². The van der Waals surface area contributed by atoms with Gasteiger partial charge in [-0.2, -0.15) is 0 Å². The fraction of sp³-hybridized carbons (Fsp3) is 1.00. The maximum atomic E-state index is 5.51. The van der Waals surface area contributed by atoms with Gasteiger partial charge in [0.25, 0.3) is 0 Å². The van der Waals surface area contributed by atoms with Crippen LogP contribution in [-0.4, -0.2) is 50.8 Å². The molecule has 0 aromatic heterocycles. The van der Waals surface area contributed by atoms with E-state index in [1.54, 1.807) is 0 Å². The van der Waals surface area contributed by atoms with Gasteiger partial charge in [-0.15, -0.1) is 0 Å². The van der Waals surface area contributed by atoms with Gasteiger partial charge in [-0.3, -0.25) is 0 Å². The van der Waals surface area contributed by atoms with E-state index in [0.29, 0.717) is 6.04 Å². The van der Waals surface area contributed by atoms with E-state index in [1.807, 2.05) is 0 Å². The summed E-state index contributed by atoms with van der Waals surface area (Å²) >= 11 is 0. The van der Waals surface area contributed by atoms with Crippen LogP contribution < -0.4 is 5.32 Å². The van der Waals surface area contributed by atoms with Crippen LogP contribution in [0.3, 0.4) is 0 Å². The van der Waals surface area contributed by atoms with Gasteiger partial charge in [-0.1, -0.05) is 27.2 Å². The number of nitrogens with one attached hydrogen (secondary N) is 1. The second-order valence-corrected chi connectivity index (χ2v) is 5.68. The summed E-state index contributed by atoms with van der Waals surface area (Å²) in [4.78, 5) is 2.44. The molecule has 18 heavy (non-hydrogen) atoms. The summed E-state index contributed by atoms with van der Waals surface area (Å²) in [6.45, 7) is 14.0. The third-order valence-electron chi connectivity index (χ3n) is 3.27. The highest BCUT2D eigenvalue weighted by Crippen LogP contribution is 2.08. The first kappa shape index (κ1) is 17.9. The van der Waals surface area contributed by atoms with Crippen molar-refractivity contribution in [2.24, 2.45) is 5.92 Å². The number of likely N-dealkylation sites (N-methyl/N-ethyl adjacent to an activating group) is 1. The summed E-state index contributed by atoms with van der Waals surface area (Å²) in [5, 5.41) is 3.43. The molecule has 0 aromatic rings. The van der Waals surface area contributed by atoms with Crippen molar-refractivity contribution in [3.05, 3.63) is 0 Å². The Hall–Kier alpha value is -0.120. The molecule has 0 radical (unpaired) electrons. The Labute approximate surface area is 114 Å². The lowest BCUT2D eigenvalue weighted by molar-refractivity contribution is 0.132. The van der Waals surface area contributed by atoms with E-state index in [1.165, 1.54) is 19.3 Å². The Kier molecular flexibility index (Phi) is 11.9. The molecule has 0 saturated heterocycles. The molecule has 0 aromatic carbocycles. The third-order valence-corrected chi connectivity index (χ3v) is 3.27. The van der Waals surface area contributed by atoms with E-state index < -0.39 is 0 Å². The van der Waals surface area contributed by atoms with Crippen LogP contribution in [0.15, 0.2) is 0 Å². The molecule has 0 amide bonds. The molecule has 0 heterocycles. The molecule has 0 fully saturated rings. The van der Waals surface area contributed by atoms with Gasteiger partial charge < -0.3 is 15.0 Å². The fourth-order valence-electron chi connectivity index (χ4n) is 1.96. The average molecular weight is 258 g/mol. The van der Waals surface area contributed by atoms with Crippen LogP contribution in [-0.2, 0) is 4.74 Å². The molecular formula is C15H34N2O. The monoisotopic (exact) mass is 258 g/mol. The summed E-state index contributed by atoms with van der Waals surface area (Å²) < 4.78 is 5.51. The van der Waals surface area contributed by atoms with Crippen molar-refractivity contribution < 1.29 is 4.74 Å². The smallest absolute Gasteiger partial charge is 0.0590 e. The van der Waals surface area contributed by atoms with E-state index in [4.69, 9.17) is 4.74 Å². The predicted octanol–water partition coefficient (Wildman–Crippen LogP) is 2.76. The van der Waals surface area contributed by atoms with Gasteiger partial charge in [0.05, 0.1) is 6.61 Å². The highest BCUT2D eigenvalue weighted by atomic mass is 16.5. The van der Waals surface area contributed by atoms with Crippen molar-refractivity contribution in [1.82, 2.24) is 10.2 Å². The molecule has 0 bridgehead atoms. The van der Waals surface area contributed by atoms with Crippen molar-refractivity contribution in [3.63, 3.8) is 0 Å². The lowest BCUT2D eigenvalue weighted by Crippen LogP contribution is -2.36. The highest BCUT2D eigenvalue weighted by molar-refractivity contribution is 4.66. The molecule has 1 atom stereocenters. The molecule has 3 nitrogen and oxygen atoms in total. The summed E-state index contributed by atoms with van der Waals surface area (Å²) in [7, 11) is 2.21. The molecule has 1 N–H and O–H groups in total. The van der Waals surface area contributed by atoms with E-state index >= 15 is 0 Å². The van der Waals surface area contributed by atoms with E-state index in [-0.39, 0.29) is 0 Å². The summed E-state index contributed by atoms with van der Waals surface area (Å²) in [6, 6.07) is 0.674. The number of ether oxygens (including phenoxy) is 1. The molecule has 0 aliphatic carbocycles. The Balaban J connectivity index is 3.32. The average Bonchev–Trinajstić information content (AvgIpc) is 2.31. The van der Waals surface area contributed by atoms with Crippen LogP contribution in [0.4, 0.5) is 0 Å². The first-order chi connectivity index (χ1) is 8.57. The van der Waals surface area contributed by atoms with Crippen molar-refractivity contribution in [2.45, 2.75) is 53.0 Å². The Morgan fingerprint density at radius 1 is 1.11 bits per heavy atom. The SMILES string of the molecule is CCCCOCCNCCN(C)C(C)CC(C)C. The fourth-order valence-corrected chi connectivity index (χ4v) is 1.96. The molecule has 0 aliphatic rings. The van der Waals surface area contributed by atoms with E-state index in [0.717, 1.165) is 38.8 Å². The normalized spacial score (nSPS) is 13.5. The molecule has 1 unspecified atom stereocenters. The lowest BCUT2D eigenvalue weighted by atomic mass is 10.0. The van der Waals surface area contributed by atoms with E-state index in [2.05, 4.69) is 45.0 Å². The van der Waals surface area contributed by atoms with Crippen LogP contribution in [0.25, 0.3) is 0 Å². The lowest BCUT2D eigenvalue weighted by Gasteiger charge is -2.26. The number of rotatable bonds is 12. The summed E-state index contributed by atoms with van der Waals surface area (Å²) in [5.74, 6) is 0.780. The van der Waals surface area contributed by atoms with Crippen LogP contribution in [0.1, 0.15) is 47.0 Å². The van der Waals surface area contributed by atoms with Gasteiger partial charge in [0.2, 0.25) is 0 Å². The zero-order chi connectivity index (χ0) is 13.8. The minimum Gasteiger partial charge on any atom is -0.380 e. The van der Waals surface area contributed by atoms with Gasteiger partial charge in [-0.25, -0.2) is 0 Å². The van der Waals surface area contributed by atoms with Gasteiger partial charge in [-0.05, 0) is 32.7 Å². The van der Waals surface area contributed by atoms with Gasteiger partial charge >= 0.3 is 0 Å². The molecular weight excluding hydrogens is 224 g/mol. The van der Waals surface area contributed by atoms with Crippen molar-refractivity contribution >= 4 is 0 Å². The Morgan fingerprint density at radius 3 is 2.44 bits per heavy atom. The topological polar surface area (TPSA) is 24.5 Å². The third kappa shape index (κ3) is 11.0. The Morgan fingerprint density at radius 2 is 1.83 bits per heavy atom. The number of hydrogen-bond donors (Lipinski definition) is 1. The second-order valence-electron chi connectivity index (χ2n) is 5.68. The van der Waals surface area contributed by atoms with Crippen LogP contribution in [0.5, 0.6) is 0 Å². The molecule has 110 valence electrons. The summed E-state index contributed by atoms with van der Waals surface area (Å²) in [6.07, 6.45) is 3.66. The largest absolute Gasteiger partial charge is 0.380 e. The van der Waals surface area contributed by atoms with Crippen LogP contribution in [0, 0.1) is 5.92 Å². The molecule has 0 saturated carbocycles. The van der Waals surface area contributed by atoms with Crippen molar-refractivity contribution in [1.29, 1.82) is 0 Å². The van der Waals surface area contributed by atoms with E-state index in [9.17, 15) is 0 Å². The predicted molar refractivity (Wildman–Crippen MR) is 80.1 cm³/mol. The molecule has 0 spiro atoms. The summed E-state index contributed by atoms with van der Waals surface area (Å²) in [5.41, 5.74) is 0. The number of nitrogens with zero attached hydrogens (tertiary/aromatic N) is 1. The Bertz CT molecular complexity index is 174. The molecule has 0 rings (SSSR count). The van der Waals surface area contributed by atoms with Crippen LogP contribution >= 0.6 is 0 Å². The molecule has 3 heteroatoms. The van der Waals surface area contributed by atoms with Gasteiger partial charge in [0, 0.05) is 32.3 Å². The first-order valence-electron chi connectivity index (χ1n) is 7.56. The quantitative estimate of drug-likeness (QED) is 0.545. The second kappa shape index (κ2) is 11.9. The van der Waals surface area contributed by atoms with Crippen molar-refractivity contribution in [3.8, 4) is 0 Å². The maximum Gasteiger partial charge on any atom is 0.0590 e. The first-order valence-corrected chi connectivity index (χ1v) is 7.56.